The Labute approximate surface area is 156 Å². The van der Waals surface area contributed by atoms with Gasteiger partial charge in [-0.25, -0.2) is 4.99 Å². The van der Waals surface area contributed by atoms with E-state index in [2.05, 4.69) is 15.6 Å². The van der Waals surface area contributed by atoms with Gasteiger partial charge in [0.05, 0.1) is 25.8 Å². The van der Waals surface area contributed by atoms with Crippen molar-refractivity contribution in [1.29, 1.82) is 0 Å². The first kappa shape index (κ1) is 20.9. The number of hydrogen-bond acceptors (Lipinski definition) is 3. The highest BCUT2D eigenvalue weighted by molar-refractivity contribution is 5.86. The second kappa shape index (κ2) is 9.48. The highest BCUT2D eigenvalue weighted by Gasteiger charge is 2.33. The first-order valence-corrected chi connectivity index (χ1v) is 8.89. The van der Waals surface area contributed by atoms with E-state index >= 15 is 0 Å². The SMILES string of the molecule is CCNC(=NCc1ccc(OC)cc1C(F)(F)F)NCC(=O)N1CCCC1. The summed E-state index contributed by atoms with van der Waals surface area (Å²) in [5.41, 5.74) is -0.749. The highest BCUT2D eigenvalue weighted by Crippen LogP contribution is 2.34. The molecule has 1 saturated heterocycles. The number of hydrogen-bond donors (Lipinski definition) is 2. The van der Waals surface area contributed by atoms with Crippen LogP contribution in [0.3, 0.4) is 0 Å². The smallest absolute Gasteiger partial charge is 0.416 e. The van der Waals surface area contributed by atoms with Gasteiger partial charge in [0.25, 0.3) is 0 Å². The molecule has 9 heteroatoms. The van der Waals surface area contributed by atoms with Crippen LogP contribution in [0.15, 0.2) is 23.2 Å². The number of guanidine groups is 1. The van der Waals surface area contributed by atoms with Crippen molar-refractivity contribution in [2.45, 2.75) is 32.5 Å². The molecule has 1 aliphatic rings. The van der Waals surface area contributed by atoms with Gasteiger partial charge in [-0.1, -0.05) is 6.07 Å². The highest BCUT2D eigenvalue weighted by atomic mass is 19.4. The lowest BCUT2D eigenvalue weighted by molar-refractivity contribution is -0.138. The number of likely N-dealkylation sites (tertiary alicyclic amines) is 1. The van der Waals surface area contributed by atoms with Crippen LogP contribution in [0.2, 0.25) is 0 Å². The Kier molecular flexibility index (Phi) is 7.32. The molecular formula is C18H25F3N4O2. The lowest BCUT2D eigenvalue weighted by atomic mass is 10.1. The quantitative estimate of drug-likeness (QED) is 0.582. The number of amides is 1. The predicted molar refractivity (Wildman–Crippen MR) is 96.6 cm³/mol. The number of alkyl halides is 3. The average Bonchev–Trinajstić information content (AvgIpc) is 3.17. The van der Waals surface area contributed by atoms with E-state index in [4.69, 9.17) is 4.74 Å². The number of halogens is 3. The minimum absolute atomic E-state index is 0.0337. The summed E-state index contributed by atoms with van der Waals surface area (Å²) < 4.78 is 44.7. The molecule has 2 rings (SSSR count). The van der Waals surface area contributed by atoms with E-state index in [0.717, 1.165) is 32.0 Å². The van der Waals surface area contributed by atoms with Crippen molar-refractivity contribution >= 4 is 11.9 Å². The fraction of sp³-hybridized carbons (Fsp3) is 0.556. The number of methoxy groups -OCH3 is 1. The van der Waals surface area contributed by atoms with E-state index in [1.165, 1.54) is 19.2 Å². The van der Waals surface area contributed by atoms with Crippen LogP contribution in [0.1, 0.15) is 30.9 Å². The molecule has 1 aromatic carbocycles. The van der Waals surface area contributed by atoms with Crippen molar-refractivity contribution in [1.82, 2.24) is 15.5 Å². The normalized spacial score (nSPS) is 15.0. The largest absolute Gasteiger partial charge is 0.497 e. The van der Waals surface area contributed by atoms with Crippen molar-refractivity contribution in [2.75, 3.05) is 33.3 Å². The predicted octanol–water partition coefficient (Wildman–Crippen LogP) is 2.39. The molecule has 0 bridgehead atoms. The van der Waals surface area contributed by atoms with E-state index in [9.17, 15) is 18.0 Å². The molecule has 1 amide bonds. The van der Waals surface area contributed by atoms with Crippen LogP contribution in [-0.4, -0.2) is 50.1 Å². The molecular weight excluding hydrogens is 361 g/mol. The van der Waals surface area contributed by atoms with Gasteiger partial charge in [0.2, 0.25) is 5.91 Å². The number of ether oxygens (including phenoxy) is 1. The van der Waals surface area contributed by atoms with E-state index < -0.39 is 11.7 Å². The topological polar surface area (TPSA) is 66.0 Å². The van der Waals surface area contributed by atoms with Crippen molar-refractivity contribution in [3.05, 3.63) is 29.3 Å². The van der Waals surface area contributed by atoms with Gasteiger partial charge in [0.15, 0.2) is 5.96 Å². The van der Waals surface area contributed by atoms with Gasteiger partial charge in [0, 0.05) is 19.6 Å². The Bertz CT molecular complexity index is 671. The summed E-state index contributed by atoms with van der Waals surface area (Å²) in [5.74, 6) is 0.392. The Morgan fingerprint density at radius 1 is 1.26 bits per heavy atom. The van der Waals surface area contributed by atoms with Crippen LogP contribution in [0, 0.1) is 0 Å². The zero-order valence-electron chi connectivity index (χ0n) is 15.5. The molecule has 0 saturated carbocycles. The molecule has 1 aliphatic heterocycles. The fourth-order valence-corrected chi connectivity index (χ4v) is 2.83. The van der Waals surface area contributed by atoms with Gasteiger partial charge in [-0.3, -0.25) is 4.79 Å². The van der Waals surface area contributed by atoms with Gasteiger partial charge < -0.3 is 20.3 Å². The van der Waals surface area contributed by atoms with Gasteiger partial charge in [-0.15, -0.1) is 0 Å². The number of carbonyl (C=O) groups excluding carboxylic acids is 1. The molecule has 1 fully saturated rings. The number of aliphatic imine (C=N–C) groups is 1. The summed E-state index contributed by atoms with van der Waals surface area (Å²) in [6, 6.07) is 3.78. The Morgan fingerprint density at radius 3 is 2.56 bits per heavy atom. The molecule has 0 aromatic heterocycles. The molecule has 0 atom stereocenters. The second-order valence-electron chi connectivity index (χ2n) is 6.16. The number of benzene rings is 1. The molecule has 27 heavy (non-hydrogen) atoms. The van der Waals surface area contributed by atoms with E-state index in [1.54, 1.807) is 4.90 Å². The van der Waals surface area contributed by atoms with Crippen LogP contribution >= 0.6 is 0 Å². The molecule has 0 aliphatic carbocycles. The Balaban J connectivity index is 2.08. The Hall–Kier alpha value is -2.45. The van der Waals surface area contributed by atoms with Gasteiger partial charge in [-0.05, 0) is 37.5 Å². The lowest BCUT2D eigenvalue weighted by Crippen LogP contribution is -2.44. The van der Waals surface area contributed by atoms with Crippen LogP contribution in [-0.2, 0) is 17.5 Å². The lowest BCUT2D eigenvalue weighted by Gasteiger charge is -2.17. The number of carbonyl (C=O) groups is 1. The second-order valence-corrected chi connectivity index (χ2v) is 6.16. The van der Waals surface area contributed by atoms with Crippen molar-refractivity contribution < 1.29 is 22.7 Å². The standard InChI is InChI=1S/C18H25F3N4O2/c1-3-22-17(24-12-16(26)25-8-4-5-9-25)23-11-13-6-7-14(27-2)10-15(13)18(19,20)21/h6-7,10H,3-5,8-9,11-12H2,1-2H3,(H2,22,23,24). The molecule has 6 nitrogen and oxygen atoms in total. The molecule has 2 N–H and O–H groups in total. The maximum Gasteiger partial charge on any atom is 0.416 e. The zero-order chi connectivity index (χ0) is 19.9. The number of nitrogens with one attached hydrogen (secondary N) is 2. The molecule has 0 unspecified atom stereocenters. The number of nitrogens with zero attached hydrogens (tertiary/aromatic N) is 2. The summed E-state index contributed by atoms with van der Waals surface area (Å²) in [7, 11) is 1.32. The van der Waals surface area contributed by atoms with Crippen molar-refractivity contribution in [3.8, 4) is 5.75 Å². The summed E-state index contributed by atoms with van der Waals surface area (Å²) in [6.45, 7) is 3.74. The monoisotopic (exact) mass is 386 g/mol. The van der Waals surface area contributed by atoms with Crippen molar-refractivity contribution in [3.63, 3.8) is 0 Å². The summed E-state index contributed by atoms with van der Waals surface area (Å²) >= 11 is 0. The third-order valence-corrected chi connectivity index (χ3v) is 4.24. The van der Waals surface area contributed by atoms with Crippen LogP contribution < -0.4 is 15.4 Å². The van der Waals surface area contributed by atoms with Gasteiger partial charge in [-0.2, -0.15) is 13.2 Å². The van der Waals surface area contributed by atoms with E-state index in [1.807, 2.05) is 6.92 Å². The van der Waals surface area contributed by atoms with E-state index in [0.29, 0.717) is 12.5 Å². The summed E-state index contributed by atoms with van der Waals surface area (Å²) in [5, 5.41) is 5.83. The minimum atomic E-state index is -4.50. The van der Waals surface area contributed by atoms with Crippen LogP contribution in [0.25, 0.3) is 0 Å². The first-order chi connectivity index (χ1) is 12.8. The van der Waals surface area contributed by atoms with Crippen LogP contribution in [0.4, 0.5) is 13.2 Å². The fourth-order valence-electron chi connectivity index (χ4n) is 2.83. The minimum Gasteiger partial charge on any atom is -0.497 e. The summed E-state index contributed by atoms with van der Waals surface area (Å²) in [6.07, 6.45) is -2.51. The maximum absolute atomic E-state index is 13.3. The number of rotatable bonds is 6. The van der Waals surface area contributed by atoms with Crippen molar-refractivity contribution in [2.24, 2.45) is 4.99 Å². The average molecular weight is 386 g/mol. The molecule has 1 heterocycles. The van der Waals surface area contributed by atoms with Gasteiger partial charge >= 0.3 is 6.18 Å². The Morgan fingerprint density at radius 2 is 1.96 bits per heavy atom. The summed E-state index contributed by atoms with van der Waals surface area (Å²) in [4.78, 5) is 18.1. The zero-order valence-corrected chi connectivity index (χ0v) is 15.5. The third-order valence-electron chi connectivity index (χ3n) is 4.24. The van der Waals surface area contributed by atoms with Crippen LogP contribution in [0.5, 0.6) is 5.75 Å². The first-order valence-electron chi connectivity index (χ1n) is 8.89. The molecule has 0 radical (unpaired) electrons. The van der Waals surface area contributed by atoms with E-state index in [-0.39, 0.29) is 30.3 Å². The molecule has 150 valence electrons. The van der Waals surface area contributed by atoms with Gasteiger partial charge in [0.1, 0.15) is 5.75 Å². The molecule has 0 spiro atoms. The molecule has 1 aromatic rings. The maximum atomic E-state index is 13.3. The third kappa shape index (κ3) is 6.04.